The van der Waals surface area contributed by atoms with Crippen LogP contribution in [0.2, 0.25) is 0 Å². The largest absolute Gasteiger partial charge is 0.383 e. The molecule has 0 unspecified atom stereocenters. The molecule has 0 spiro atoms. The van der Waals surface area contributed by atoms with Crippen molar-refractivity contribution in [2.24, 2.45) is 11.1 Å². The van der Waals surface area contributed by atoms with E-state index in [1.807, 2.05) is 0 Å². The van der Waals surface area contributed by atoms with Gasteiger partial charge in [0, 0.05) is 20.2 Å². The van der Waals surface area contributed by atoms with Gasteiger partial charge in [0.1, 0.15) is 0 Å². The molecule has 2 amide bonds. The minimum absolute atomic E-state index is 0.127. The van der Waals surface area contributed by atoms with Crippen LogP contribution in [-0.2, 0) is 14.3 Å². The molecular weight excluding hydrogens is 210 g/mol. The Kier molecular flexibility index (Phi) is 6.67. The second-order valence-electron chi connectivity index (χ2n) is 4.19. The SMILES string of the molecule is COCCNC(=O)CNCC(C)(C)C(N)=O. The van der Waals surface area contributed by atoms with E-state index in [1.54, 1.807) is 21.0 Å². The van der Waals surface area contributed by atoms with Crippen molar-refractivity contribution in [2.45, 2.75) is 13.8 Å². The lowest BCUT2D eigenvalue weighted by Gasteiger charge is -2.20. The first-order chi connectivity index (χ1) is 7.40. The Hall–Kier alpha value is -1.14. The van der Waals surface area contributed by atoms with Crippen molar-refractivity contribution in [3.05, 3.63) is 0 Å². The number of primary amides is 1. The van der Waals surface area contributed by atoms with Gasteiger partial charge in [0.25, 0.3) is 0 Å². The maximum atomic E-state index is 11.2. The van der Waals surface area contributed by atoms with Crippen LogP contribution in [0.4, 0.5) is 0 Å². The second-order valence-corrected chi connectivity index (χ2v) is 4.19. The average Bonchev–Trinajstić information content (AvgIpc) is 2.17. The number of nitrogens with one attached hydrogen (secondary N) is 2. The van der Waals surface area contributed by atoms with Crippen molar-refractivity contribution in [1.29, 1.82) is 0 Å². The highest BCUT2D eigenvalue weighted by Gasteiger charge is 2.24. The van der Waals surface area contributed by atoms with Crippen molar-refractivity contribution in [1.82, 2.24) is 10.6 Å². The van der Waals surface area contributed by atoms with E-state index in [2.05, 4.69) is 10.6 Å². The standard InChI is InChI=1S/C10H21N3O3/c1-10(2,9(11)15)7-12-6-8(14)13-4-5-16-3/h12H,4-7H2,1-3H3,(H2,11,15)(H,13,14). The summed E-state index contributed by atoms with van der Waals surface area (Å²) in [5.74, 6) is -0.517. The van der Waals surface area contributed by atoms with Gasteiger partial charge in [0.15, 0.2) is 0 Å². The predicted molar refractivity (Wildman–Crippen MR) is 60.7 cm³/mol. The Balaban J connectivity index is 3.65. The van der Waals surface area contributed by atoms with Gasteiger partial charge < -0.3 is 21.1 Å². The zero-order chi connectivity index (χ0) is 12.6. The zero-order valence-electron chi connectivity index (χ0n) is 10.1. The number of methoxy groups -OCH3 is 1. The van der Waals surface area contributed by atoms with Crippen LogP contribution in [-0.4, -0.2) is 45.2 Å². The summed E-state index contributed by atoms with van der Waals surface area (Å²) in [4.78, 5) is 22.2. The minimum Gasteiger partial charge on any atom is -0.383 e. The number of carbonyl (C=O) groups excluding carboxylic acids is 2. The van der Waals surface area contributed by atoms with Crippen LogP contribution < -0.4 is 16.4 Å². The Bertz CT molecular complexity index is 241. The molecule has 6 nitrogen and oxygen atoms in total. The van der Waals surface area contributed by atoms with E-state index in [1.165, 1.54) is 0 Å². The lowest BCUT2D eigenvalue weighted by atomic mass is 9.93. The molecule has 94 valence electrons. The van der Waals surface area contributed by atoms with Crippen molar-refractivity contribution in [3.8, 4) is 0 Å². The first kappa shape index (κ1) is 14.9. The summed E-state index contributed by atoms with van der Waals surface area (Å²) in [6.45, 7) is 4.96. The summed E-state index contributed by atoms with van der Waals surface area (Å²) in [5, 5.41) is 5.54. The van der Waals surface area contributed by atoms with Gasteiger partial charge in [0.05, 0.1) is 18.6 Å². The fourth-order valence-electron chi connectivity index (χ4n) is 0.931. The third-order valence-electron chi connectivity index (χ3n) is 2.15. The number of hydrogen-bond acceptors (Lipinski definition) is 4. The fraction of sp³-hybridized carbons (Fsp3) is 0.800. The summed E-state index contributed by atoms with van der Waals surface area (Å²) in [5.41, 5.74) is 4.54. The van der Waals surface area contributed by atoms with Gasteiger partial charge in [-0.1, -0.05) is 0 Å². The van der Waals surface area contributed by atoms with E-state index in [0.717, 1.165) is 0 Å². The van der Waals surface area contributed by atoms with E-state index in [-0.39, 0.29) is 18.4 Å². The number of amides is 2. The fourth-order valence-corrected chi connectivity index (χ4v) is 0.931. The molecule has 16 heavy (non-hydrogen) atoms. The van der Waals surface area contributed by atoms with Crippen LogP contribution in [0.25, 0.3) is 0 Å². The van der Waals surface area contributed by atoms with Gasteiger partial charge in [0.2, 0.25) is 11.8 Å². The van der Waals surface area contributed by atoms with Crippen LogP contribution in [0, 0.1) is 5.41 Å². The molecule has 0 heterocycles. The first-order valence-corrected chi connectivity index (χ1v) is 5.16. The second kappa shape index (κ2) is 7.19. The normalized spacial score (nSPS) is 11.2. The molecule has 0 rings (SSSR count). The molecule has 0 aromatic rings. The topological polar surface area (TPSA) is 93.4 Å². The molecule has 0 saturated carbocycles. The van der Waals surface area contributed by atoms with E-state index in [9.17, 15) is 9.59 Å². The highest BCUT2D eigenvalue weighted by Crippen LogP contribution is 2.11. The van der Waals surface area contributed by atoms with E-state index >= 15 is 0 Å². The number of nitrogens with two attached hydrogens (primary N) is 1. The molecule has 4 N–H and O–H groups in total. The van der Waals surface area contributed by atoms with Crippen LogP contribution in [0.15, 0.2) is 0 Å². The lowest BCUT2D eigenvalue weighted by Crippen LogP contribution is -2.44. The van der Waals surface area contributed by atoms with Crippen molar-refractivity contribution >= 4 is 11.8 Å². The monoisotopic (exact) mass is 231 g/mol. The minimum atomic E-state index is -0.646. The summed E-state index contributed by atoms with van der Waals surface area (Å²) >= 11 is 0. The van der Waals surface area contributed by atoms with E-state index in [4.69, 9.17) is 10.5 Å². The van der Waals surface area contributed by atoms with Gasteiger partial charge in [-0.2, -0.15) is 0 Å². The number of rotatable bonds is 8. The smallest absolute Gasteiger partial charge is 0.234 e. The molecule has 0 bridgehead atoms. The lowest BCUT2D eigenvalue weighted by molar-refractivity contribution is -0.126. The van der Waals surface area contributed by atoms with Crippen molar-refractivity contribution in [3.63, 3.8) is 0 Å². The summed E-state index contributed by atoms with van der Waals surface area (Å²) < 4.78 is 4.79. The van der Waals surface area contributed by atoms with Crippen molar-refractivity contribution in [2.75, 3.05) is 33.4 Å². The van der Waals surface area contributed by atoms with Gasteiger partial charge >= 0.3 is 0 Å². The Morgan fingerprint density at radius 3 is 2.50 bits per heavy atom. The zero-order valence-corrected chi connectivity index (χ0v) is 10.1. The van der Waals surface area contributed by atoms with Crippen LogP contribution in [0.3, 0.4) is 0 Å². The Morgan fingerprint density at radius 2 is 2.00 bits per heavy atom. The molecule has 0 aliphatic carbocycles. The molecular formula is C10H21N3O3. The van der Waals surface area contributed by atoms with E-state index < -0.39 is 5.41 Å². The van der Waals surface area contributed by atoms with Crippen LogP contribution in [0.1, 0.15) is 13.8 Å². The number of carbonyl (C=O) groups is 2. The number of ether oxygens (including phenoxy) is 1. The summed E-state index contributed by atoms with van der Waals surface area (Å²) in [6.07, 6.45) is 0. The molecule has 0 radical (unpaired) electrons. The Labute approximate surface area is 95.9 Å². The maximum absolute atomic E-state index is 11.2. The van der Waals surface area contributed by atoms with Gasteiger partial charge in [-0.3, -0.25) is 9.59 Å². The quantitative estimate of drug-likeness (QED) is 0.460. The molecule has 0 aromatic carbocycles. The van der Waals surface area contributed by atoms with E-state index in [0.29, 0.717) is 19.7 Å². The number of hydrogen-bond donors (Lipinski definition) is 3. The van der Waals surface area contributed by atoms with Crippen molar-refractivity contribution < 1.29 is 14.3 Å². The maximum Gasteiger partial charge on any atom is 0.234 e. The average molecular weight is 231 g/mol. The molecule has 0 fully saturated rings. The third kappa shape index (κ3) is 6.36. The summed E-state index contributed by atoms with van der Waals surface area (Å²) in [7, 11) is 1.57. The van der Waals surface area contributed by atoms with Gasteiger partial charge in [-0.15, -0.1) is 0 Å². The molecule has 6 heteroatoms. The van der Waals surface area contributed by atoms with Gasteiger partial charge in [-0.25, -0.2) is 0 Å². The molecule has 0 saturated heterocycles. The summed E-state index contributed by atoms with van der Waals surface area (Å²) in [6, 6.07) is 0. The molecule has 0 aliphatic heterocycles. The molecule has 0 atom stereocenters. The molecule has 0 aliphatic rings. The van der Waals surface area contributed by atoms with Crippen LogP contribution in [0.5, 0.6) is 0 Å². The third-order valence-corrected chi connectivity index (χ3v) is 2.15. The predicted octanol–water partition coefficient (Wildman–Crippen LogP) is -1.15. The first-order valence-electron chi connectivity index (χ1n) is 5.16. The highest BCUT2D eigenvalue weighted by molar-refractivity contribution is 5.80. The Morgan fingerprint density at radius 1 is 1.38 bits per heavy atom. The highest BCUT2D eigenvalue weighted by atomic mass is 16.5. The van der Waals surface area contributed by atoms with Gasteiger partial charge in [-0.05, 0) is 13.8 Å². The molecule has 0 aromatic heterocycles. The van der Waals surface area contributed by atoms with Crippen LogP contribution >= 0.6 is 0 Å².